The Balaban J connectivity index is 1.32. The second-order valence-corrected chi connectivity index (χ2v) is 11.3. The lowest BCUT2D eigenvalue weighted by atomic mass is 9.92. The van der Waals surface area contributed by atoms with Crippen LogP contribution in [0.25, 0.3) is 0 Å². The number of para-hydroxylation sites is 1. The molecule has 4 rings (SSSR count). The van der Waals surface area contributed by atoms with Gasteiger partial charge < -0.3 is 14.5 Å². The maximum atomic E-state index is 13.3. The molecule has 2 heterocycles. The number of hydrogen-bond donors (Lipinski definition) is 0. The molecule has 9 heteroatoms. The molecule has 1 unspecified atom stereocenters. The van der Waals surface area contributed by atoms with Crippen LogP contribution < -0.4 is 4.74 Å². The van der Waals surface area contributed by atoms with Gasteiger partial charge in [0, 0.05) is 38.3 Å². The van der Waals surface area contributed by atoms with E-state index in [0.717, 1.165) is 25.7 Å². The fourth-order valence-corrected chi connectivity index (χ4v) is 6.79. The molecule has 2 aliphatic heterocycles. The highest BCUT2D eigenvalue weighted by molar-refractivity contribution is 7.91. The molecule has 3 fully saturated rings. The average molecular weight is 464 g/mol. The van der Waals surface area contributed by atoms with Crippen LogP contribution in [0.4, 0.5) is 4.79 Å². The number of hydrogen-bond acceptors (Lipinski definition) is 6. The van der Waals surface area contributed by atoms with E-state index in [2.05, 4.69) is 4.90 Å². The standard InChI is InChI=1S/C23H33N3O5S/c27-22(26(19-7-3-1-4-8-19)20-11-16-32(29,30)18-20)17-24-12-14-25(15-13-24)23(28)31-21-9-5-2-6-10-21/h2,5-6,9-10,19-20H,1,3-4,7-8,11-18H2. The van der Waals surface area contributed by atoms with E-state index in [-0.39, 0.29) is 42.1 Å². The predicted molar refractivity (Wildman–Crippen MR) is 121 cm³/mol. The van der Waals surface area contributed by atoms with Crippen LogP contribution in [0, 0.1) is 0 Å². The van der Waals surface area contributed by atoms with Crippen molar-refractivity contribution in [2.45, 2.75) is 50.6 Å². The molecular formula is C23H33N3O5S. The average Bonchev–Trinajstić information content (AvgIpc) is 3.15. The van der Waals surface area contributed by atoms with Crippen molar-refractivity contribution in [3.63, 3.8) is 0 Å². The summed E-state index contributed by atoms with van der Waals surface area (Å²) in [6, 6.07) is 8.95. The molecule has 1 aromatic carbocycles. The van der Waals surface area contributed by atoms with E-state index in [0.29, 0.717) is 38.3 Å². The first-order chi connectivity index (χ1) is 15.4. The summed E-state index contributed by atoms with van der Waals surface area (Å²) in [5, 5.41) is 0. The maximum Gasteiger partial charge on any atom is 0.415 e. The summed E-state index contributed by atoms with van der Waals surface area (Å²) in [5.41, 5.74) is 0. The highest BCUT2D eigenvalue weighted by Crippen LogP contribution is 2.28. The summed E-state index contributed by atoms with van der Waals surface area (Å²) < 4.78 is 29.6. The Morgan fingerprint density at radius 2 is 1.62 bits per heavy atom. The van der Waals surface area contributed by atoms with Crippen molar-refractivity contribution >= 4 is 21.8 Å². The van der Waals surface area contributed by atoms with Crippen LogP contribution in [-0.2, 0) is 14.6 Å². The minimum absolute atomic E-state index is 0.0271. The smallest absolute Gasteiger partial charge is 0.410 e. The van der Waals surface area contributed by atoms with Crippen LogP contribution in [-0.4, -0.2) is 91.4 Å². The van der Waals surface area contributed by atoms with Crippen molar-refractivity contribution in [1.29, 1.82) is 0 Å². The van der Waals surface area contributed by atoms with Gasteiger partial charge in [0.2, 0.25) is 5.91 Å². The van der Waals surface area contributed by atoms with E-state index in [1.165, 1.54) is 6.42 Å². The SMILES string of the molecule is O=C(Oc1ccccc1)N1CCN(CC(=O)N(C2CCCCC2)C2CCS(=O)(=O)C2)CC1. The van der Waals surface area contributed by atoms with Gasteiger partial charge in [-0.3, -0.25) is 9.69 Å². The number of piperazine rings is 1. The van der Waals surface area contributed by atoms with Gasteiger partial charge in [0.05, 0.1) is 18.1 Å². The first kappa shape index (κ1) is 23.0. The van der Waals surface area contributed by atoms with Crippen molar-refractivity contribution in [3.8, 4) is 5.75 Å². The molecule has 1 atom stereocenters. The monoisotopic (exact) mass is 463 g/mol. The van der Waals surface area contributed by atoms with Crippen LogP contribution in [0.5, 0.6) is 5.75 Å². The first-order valence-corrected chi connectivity index (χ1v) is 13.5. The number of carbonyl (C=O) groups excluding carboxylic acids is 2. The predicted octanol–water partition coefficient (Wildman–Crippen LogP) is 2.15. The molecule has 8 nitrogen and oxygen atoms in total. The van der Waals surface area contributed by atoms with E-state index >= 15 is 0 Å². The van der Waals surface area contributed by atoms with Crippen molar-refractivity contribution in [2.24, 2.45) is 0 Å². The number of nitrogens with zero attached hydrogens (tertiary/aromatic N) is 3. The Kier molecular flexibility index (Phi) is 7.35. The molecule has 2 saturated heterocycles. The molecule has 0 N–H and O–H groups in total. The summed E-state index contributed by atoms with van der Waals surface area (Å²) in [4.78, 5) is 31.4. The van der Waals surface area contributed by atoms with Crippen molar-refractivity contribution < 1.29 is 22.7 Å². The Bertz CT molecular complexity index is 893. The number of rotatable bonds is 5. The number of sulfone groups is 1. The third-order valence-electron chi connectivity index (χ3n) is 6.80. The third kappa shape index (κ3) is 5.81. The third-order valence-corrected chi connectivity index (χ3v) is 8.55. The number of benzene rings is 1. The van der Waals surface area contributed by atoms with Gasteiger partial charge in [-0.2, -0.15) is 0 Å². The van der Waals surface area contributed by atoms with Crippen LogP contribution in [0.15, 0.2) is 30.3 Å². The summed E-state index contributed by atoms with van der Waals surface area (Å²) in [5.74, 6) is 0.814. The van der Waals surface area contributed by atoms with E-state index in [9.17, 15) is 18.0 Å². The number of carbonyl (C=O) groups is 2. The molecule has 0 aromatic heterocycles. The minimum Gasteiger partial charge on any atom is -0.410 e. The lowest BCUT2D eigenvalue weighted by molar-refractivity contribution is -0.138. The normalized spacial score (nSPS) is 24.2. The Morgan fingerprint density at radius 1 is 0.938 bits per heavy atom. The van der Waals surface area contributed by atoms with Gasteiger partial charge in [-0.05, 0) is 31.4 Å². The fraction of sp³-hybridized carbons (Fsp3) is 0.652. The fourth-order valence-electron chi connectivity index (χ4n) is 5.07. The first-order valence-electron chi connectivity index (χ1n) is 11.7. The molecule has 2 amide bonds. The second kappa shape index (κ2) is 10.2. The molecule has 176 valence electrons. The molecule has 1 aromatic rings. The zero-order chi connectivity index (χ0) is 22.6. The van der Waals surface area contributed by atoms with Crippen LogP contribution >= 0.6 is 0 Å². The van der Waals surface area contributed by atoms with Gasteiger partial charge in [-0.1, -0.05) is 37.5 Å². The van der Waals surface area contributed by atoms with Gasteiger partial charge in [-0.25, -0.2) is 13.2 Å². The summed E-state index contributed by atoms with van der Waals surface area (Å²) in [6.07, 6.45) is 5.46. The topological polar surface area (TPSA) is 87.2 Å². The van der Waals surface area contributed by atoms with E-state index in [1.54, 1.807) is 17.0 Å². The van der Waals surface area contributed by atoms with E-state index in [1.807, 2.05) is 23.1 Å². The van der Waals surface area contributed by atoms with Crippen LogP contribution in [0.3, 0.4) is 0 Å². The van der Waals surface area contributed by atoms with Gasteiger partial charge >= 0.3 is 6.09 Å². The summed E-state index contributed by atoms with van der Waals surface area (Å²) in [7, 11) is -3.05. The van der Waals surface area contributed by atoms with E-state index < -0.39 is 9.84 Å². The van der Waals surface area contributed by atoms with Crippen molar-refractivity contribution in [3.05, 3.63) is 30.3 Å². The largest absolute Gasteiger partial charge is 0.415 e. The Labute approximate surface area is 190 Å². The van der Waals surface area contributed by atoms with Crippen LogP contribution in [0.1, 0.15) is 38.5 Å². The van der Waals surface area contributed by atoms with Gasteiger partial charge in [0.25, 0.3) is 0 Å². The molecule has 0 bridgehead atoms. The molecule has 32 heavy (non-hydrogen) atoms. The highest BCUT2D eigenvalue weighted by atomic mass is 32.2. The van der Waals surface area contributed by atoms with Crippen molar-refractivity contribution in [2.75, 3.05) is 44.2 Å². The highest BCUT2D eigenvalue weighted by Gasteiger charge is 2.39. The minimum atomic E-state index is -3.05. The van der Waals surface area contributed by atoms with Crippen LogP contribution in [0.2, 0.25) is 0 Å². The zero-order valence-corrected chi connectivity index (χ0v) is 19.3. The second-order valence-electron chi connectivity index (χ2n) is 9.09. The molecular weight excluding hydrogens is 430 g/mol. The zero-order valence-electron chi connectivity index (χ0n) is 18.5. The lowest BCUT2D eigenvalue weighted by Crippen LogP contribution is -2.55. The Morgan fingerprint density at radius 3 is 2.25 bits per heavy atom. The van der Waals surface area contributed by atoms with Gasteiger partial charge in [0.15, 0.2) is 9.84 Å². The molecule has 3 aliphatic rings. The lowest BCUT2D eigenvalue weighted by Gasteiger charge is -2.40. The molecule has 0 radical (unpaired) electrons. The quantitative estimate of drug-likeness (QED) is 0.665. The van der Waals surface area contributed by atoms with Crippen molar-refractivity contribution in [1.82, 2.24) is 14.7 Å². The summed E-state index contributed by atoms with van der Waals surface area (Å²) >= 11 is 0. The number of ether oxygens (including phenoxy) is 1. The number of amides is 2. The summed E-state index contributed by atoms with van der Waals surface area (Å²) in [6.45, 7) is 2.46. The van der Waals surface area contributed by atoms with Gasteiger partial charge in [-0.15, -0.1) is 0 Å². The molecule has 1 saturated carbocycles. The van der Waals surface area contributed by atoms with E-state index in [4.69, 9.17) is 4.74 Å². The molecule has 0 spiro atoms. The maximum absolute atomic E-state index is 13.3. The Hall–Kier alpha value is -2.13. The molecule has 1 aliphatic carbocycles. The van der Waals surface area contributed by atoms with Gasteiger partial charge in [0.1, 0.15) is 5.75 Å².